The van der Waals surface area contributed by atoms with E-state index < -0.39 is 12.1 Å². The highest BCUT2D eigenvalue weighted by atomic mass is 32.1. The molecule has 2 aromatic rings. The Morgan fingerprint density at radius 1 is 1.21 bits per heavy atom. The number of aryl methyl sites for hydroxylation is 3. The van der Waals surface area contributed by atoms with Crippen molar-refractivity contribution in [2.45, 2.75) is 59.0 Å². The van der Waals surface area contributed by atoms with Crippen molar-refractivity contribution in [3.05, 3.63) is 45.3 Å². The normalized spacial score (nSPS) is 14.1. The lowest BCUT2D eigenvalue weighted by Crippen LogP contribution is -2.32. The Labute approximate surface area is 170 Å². The van der Waals surface area contributed by atoms with Crippen LogP contribution < -0.4 is 10.1 Å². The molecule has 150 valence electrons. The van der Waals surface area contributed by atoms with Gasteiger partial charge in [0.2, 0.25) is 0 Å². The number of benzene rings is 1. The third kappa shape index (κ3) is 4.22. The zero-order valence-electron chi connectivity index (χ0n) is 16.9. The number of anilines is 1. The first-order chi connectivity index (χ1) is 13.4. The Kier molecular flexibility index (Phi) is 6.39. The van der Waals surface area contributed by atoms with E-state index in [9.17, 15) is 9.59 Å². The van der Waals surface area contributed by atoms with Crippen molar-refractivity contribution in [3.8, 4) is 5.75 Å². The molecule has 5 nitrogen and oxygen atoms in total. The number of thiophene rings is 1. The van der Waals surface area contributed by atoms with Crippen LogP contribution in [0, 0.1) is 13.8 Å². The summed E-state index contributed by atoms with van der Waals surface area (Å²) in [5.74, 6) is 0.0653. The number of amides is 1. The quantitative estimate of drug-likeness (QED) is 0.705. The summed E-state index contributed by atoms with van der Waals surface area (Å²) in [7, 11) is 1.37. The van der Waals surface area contributed by atoms with Crippen molar-refractivity contribution in [1.82, 2.24) is 0 Å². The molecule has 0 fully saturated rings. The number of hydrogen-bond acceptors (Lipinski definition) is 5. The van der Waals surface area contributed by atoms with Crippen LogP contribution in [0.2, 0.25) is 0 Å². The van der Waals surface area contributed by atoms with Crippen molar-refractivity contribution in [1.29, 1.82) is 0 Å². The Hall–Kier alpha value is -2.34. The van der Waals surface area contributed by atoms with Gasteiger partial charge in [-0.2, -0.15) is 0 Å². The average Bonchev–Trinajstić information content (AvgIpc) is 3.04. The largest absolute Gasteiger partial charge is 0.480 e. The van der Waals surface area contributed by atoms with Crippen LogP contribution in [0.3, 0.4) is 0 Å². The van der Waals surface area contributed by atoms with Crippen molar-refractivity contribution in [3.63, 3.8) is 0 Å². The van der Waals surface area contributed by atoms with Gasteiger partial charge in [-0.05, 0) is 63.1 Å². The van der Waals surface area contributed by atoms with Crippen LogP contribution >= 0.6 is 11.3 Å². The fourth-order valence-corrected chi connectivity index (χ4v) is 4.85. The average molecular weight is 402 g/mol. The molecule has 0 bridgehead atoms. The monoisotopic (exact) mass is 401 g/mol. The molecule has 28 heavy (non-hydrogen) atoms. The van der Waals surface area contributed by atoms with Gasteiger partial charge in [0.15, 0.2) is 6.10 Å². The summed E-state index contributed by atoms with van der Waals surface area (Å²) in [6.07, 6.45) is 3.84. The fourth-order valence-electron chi connectivity index (χ4n) is 3.57. The first kappa shape index (κ1) is 20.4. The Morgan fingerprint density at radius 2 is 1.96 bits per heavy atom. The summed E-state index contributed by atoms with van der Waals surface area (Å²) in [6, 6.07) is 5.89. The van der Waals surface area contributed by atoms with Gasteiger partial charge in [-0.3, -0.25) is 4.79 Å². The summed E-state index contributed by atoms with van der Waals surface area (Å²) in [6.45, 7) is 5.90. The molecule has 1 aliphatic carbocycles. The molecule has 6 heteroatoms. The second-order valence-electron chi connectivity index (χ2n) is 7.18. The molecule has 0 saturated heterocycles. The molecule has 1 atom stereocenters. The van der Waals surface area contributed by atoms with E-state index in [1.807, 2.05) is 39.0 Å². The van der Waals surface area contributed by atoms with Gasteiger partial charge in [-0.25, -0.2) is 4.79 Å². The molecule has 0 spiro atoms. The Balaban J connectivity index is 1.82. The van der Waals surface area contributed by atoms with Gasteiger partial charge in [0.05, 0.1) is 12.7 Å². The minimum Gasteiger partial charge on any atom is -0.480 e. The molecule has 0 saturated carbocycles. The van der Waals surface area contributed by atoms with Gasteiger partial charge in [0.1, 0.15) is 10.8 Å². The van der Waals surface area contributed by atoms with Gasteiger partial charge in [0.25, 0.3) is 5.91 Å². The number of ether oxygens (including phenoxy) is 2. The van der Waals surface area contributed by atoms with E-state index in [4.69, 9.17) is 9.47 Å². The summed E-state index contributed by atoms with van der Waals surface area (Å²) in [5, 5.41) is 3.51. The lowest BCUT2D eigenvalue weighted by atomic mass is 9.95. The Morgan fingerprint density at radius 3 is 2.64 bits per heavy atom. The SMILES string of the molecule is CC[C@@H](Oc1ccc(C)cc1C)C(=O)Nc1sc2c(c1C(=O)OC)CCCC2. The molecule has 1 N–H and O–H groups in total. The van der Waals surface area contributed by atoms with E-state index in [0.29, 0.717) is 22.7 Å². The minimum absolute atomic E-state index is 0.244. The van der Waals surface area contributed by atoms with Crippen molar-refractivity contribution in [2.24, 2.45) is 0 Å². The summed E-state index contributed by atoms with van der Waals surface area (Å²) in [4.78, 5) is 26.4. The van der Waals surface area contributed by atoms with Crippen LogP contribution in [0.15, 0.2) is 18.2 Å². The van der Waals surface area contributed by atoms with E-state index in [1.165, 1.54) is 23.3 Å². The molecule has 1 aliphatic rings. The van der Waals surface area contributed by atoms with Crippen molar-refractivity contribution < 1.29 is 19.1 Å². The molecule has 1 amide bonds. The van der Waals surface area contributed by atoms with Crippen LogP contribution in [-0.2, 0) is 22.4 Å². The number of nitrogens with one attached hydrogen (secondary N) is 1. The van der Waals surface area contributed by atoms with E-state index in [1.54, 1.807) is 0 Å². The van der Waals surface area contributed by atoms with Gasteiger partial charge in [-0.15, -0.1) is 11.3 Å². The zero-order chi connectivity index (χ0) is 20.3. The highest BCUT2D eigenvalue weighted by Gasteiger charge is 2.29. The first-order valence-electron chi connectivity index (χ1n) is 9.72. The third-order valence-corrected chi connectivity index (χ3v) is 6.27. The summed E-state index contributed by atoms with van der Waals surface area (Å²) < 4.78 is 11.0. The number of esters is 1. The Bertz CT molecular complexity index is 887. The summed E-state index contributed by atoms with van der Waals surface area (Å²) in [5.41, 5.74) is 3.68. The molecule has 0 aliphatic heterocycles. The second-order valence-corrected chi connectivity index (χ2v) is 8.28. The van der Waals surface area contributed by atoms with E-state index in [-0.39, 0.29) is 5.91 Å². The van der Waals surface area contributed by atoms with Crippen molar-refractivity contribution in [2.75, 3.05) is 12.4 Å². The lowest BCUT2D eigenvalue weighted by Gasteiger charge is -2.19. The first-order valence-corrected chi connectivity index (χ1v) is 10.5. The minimum atomic E-state index is -0.633. The van der Waals surface area contributed by atoms with Gasteiger partial charge >= 0.3 is 5.97 Å². The predicted molar refractivity (Wildman–Crippen MR) is 112 cm³/mol. The molecule has 1 heterocycles. The number of hydrogen-bond donors (Lipinski definition) is 1. The van der Waals surface area contributed by atoms with E-state index in [2.05, 4.69) is 5.32 Å². The van der Waals surface area contributed by atoms with Crippen LogP contribution in [-0.4, -0.2) is 25.1 Å². The van der Waals surface area contributed by atoms with Crippen LogP contribution in [0.25, 0.3) is 0 Å². The van der Waals surface area contributed by atoms with Crippen LogP contribution in [0.1, 0.15) is 58.1 Å². The lowest BCUT2D eigenvalue weighted by molar-refractivity contribution is -0.122. The fraction of sp³-hybridized carbons (Fsp3) is 0.455. The molecular formula is C22H27NO4S. The molecule has 1 aromatic carbocycles. The van der Waals surface area contributed by atoms with Crippen LogP contribution in [0.5, 0.6) is 5.75 Å². The number of fused-ring (bicyclic) bond motifs is 1. The van der Waals surface area contributed by atoms with E-state index >= 15 is 0 Å². The van der Waals surface area contributed by atoms with Gasteiger partial charge < -0.3 is 14.8 Å². The van der Waals surface area contributed by atoms with Gasteiger partial charge in [-0.1, -0.05) is 24.6 Å². The second kappa shape index (κ2) is 8.78. The topological polar surface area (TPSA) is 64.6 Å². The van der Waals surface area contributed by atoms with Crippen LogP contribution in [0.4, 0.5) is 5.00 Å². The number of methoxy groups -OCH3 is 1. The highest BCUT2D eigenvalue weighted by Crippen LogP contribution is 2.38. The maximum atomic E-state index is 12.9. The predicted octanol–water partition coefficient (Wildman–Crippen LogP) is 4.83. The molecule has 3 rings (SSSR count). The number of carbonyl (C=O) groups excluding carboxylic acids is 2. The maximum Gasteiger partial charge on any atom is 0.341 e. The molecule has 0 radical (unpaired) electrons. The molecule has 0 unspecified atom stereocenters. The summed E-state index contributed by atoms with van der Waals surface area (Å²) >= 11 is 1.48. The molecular weight excluding hydrogens is 374 g/mol. The van der Waals surface area contributed by atoms with E-state index in [0.717, 1.165) is 42.4 Å². The van der Waals surface area contributed by atoms with Crippen molar-refractivity contribution >= 4 is 28.2 Å². The molecule has 1 aromatic heterocycles. The third-order valence-electron chi connectivity index (χ3n) is 5.06. The number of carbonyl (C=O) groups is 2. The number of rotatable bonds is 6. The standard InChI is InChI=1S/C22H27NO4S/c1-5-16(27-17-11-10-13(2)12-14(17)3)20(24)23-21-19(22(25)26-4)15-8-6-7-9-18(15)28-21/h10-12,16H,5-9H2,1-4H3,(H,23,24)/t16-/m1/s1. The zero-order valence-corrected chi connectivity index (χ0v) is 17.7. The van der Waals surface area contributed by atoms with Gasteiger partial charge in [0, 0.05) is 4.88 Å². The highest BCUT2D eigenvalue weighted by molar-refractivity contribution is 7.17. The maximum absolute atomic E-state index is 12.9. The smallest absolute Gasteiger partial charge is 0.341 e.